The highest BCUT2D eigenvalue weighted by molar-refractivity contribution is 5.39. The van der Waals surface area contributed by atoms with Crippen LogP contribution < -0.4 is 0 Å². The minimum atomic E-state index is 0.861. The van der Waals surface area contributed by atoms with Gasteiger partial charge >= 0.3 is 0 Å². The molecule has 2 nitrogen and oxygen atoms in total. The molecule has 2 heteroatoms. The summed E-state index contributed by atoms with van der Waals surface area (Å²) in [4.78, 5) is 7.60. The molecule has 0 aliphatic rings. The van der Waals surface area contributed by atoms with Crippen molar-refractivity contribution < 1.29 is 0 Å². The molecule has 0 radical (unpaired) electrons. The summed E-state index contributed by atoms with van der Waals surface area (Å²) in [6.07, 6.45) is 4.86. The zero-order valence-electron chi connectivity index (χ0n) is 4.41. The predicted molar refractivity (Wildman–Crippen MR) is 32.1 cm³/mol. The molecule has 0 aromatic carbocycles. The van der Waals surface area contributed by atoms with Crippen LogP contribution in [0.1, 0.15) is 5.69 Å². The van der Waals surface area contributed by atoms with Crippen molar-refractivity contribution in [2.24, 2.45) is 0 Å². The zero-order valence-corrected chi connectivity index (χ0v) is 4.41. The van der Waals surface area contributed by atoms with Crippen LogP contribution in [0.25, 0.3) is 6.08 Å². The Balaban J connectivity index is 2.99. The van der Waals surface area contributed by atoms with Gasteiger partial charge in [0.15, 0.2) is 0 Å². The third-order valence-corrected chi connectivity index (χ3v) is 0.814. The minimum Gasteiger partial charge on any atom is -0.245 e. The monoisotopic (exact) mass is 106 g/mol. The van der Waals surface area contributed by atoms with E-state index in [0.717, 1.165) is 5.69 Å². The molecule has 0 unspecified atom stereocenters. The van der Waals surface area contributed by atoms with Crippen molar-refractivity contribution in [1.82, 2.24) is 9.97 Å². The molecule has 1 aromatic heterocycles. The summed E-state index contributed by atoms with van der Waals surface area (Å²) in [5, 5.41) is 0. The Kier molecular flexibility index (Phi) is 1.37. The van der Waals surface area contributed by atoms with Gasteiger partial charge in [-0.15, -0.1) is 0 Å². The molecule has 0 saturated heterocycles. The molecule has 0 bridgehead atoms. The Morgan fingerprint density at radius 2 is 2.50 bits per heavy atom. The first-order valence-corrected chi connectivity index (χ1v) is 2.32. The second kappa shape index (κ2) is 2.21. The maximum Gasteiger partial charge on any atom is 0.115 e. The normalized spacial score (nSPS) is 8.50. The van der Waals surface area contributed by atoms with Gasteiger partial charge in [-0.3, -0.25) is 0 Å². The van der Waals surface area contributed by atoms with Crippen LogP contribution >= 0.6 is 0 Å². The van der Waals surface area contributed by atoms with Crippen molar-refractivity contribution in [2.45, 2.75) is 0 Å². The Labute approximate surface area is 47.9 Å². The fourth-order valence-corrected chi connectivity index (χ4v) is 0.422. The molecule has 0 aliphatic heterocycles. The van der Waals surface area contributed by atoms with E-state index in [1.165, 1.54) is 6.33 Å². The largest absolute Gasteiger partial charge is 0.245 e. The quantitative estimate of drug-likeness (QED) is 0.536. The lowest BCUT2D eigenvalue weighted by Crippen LogP contribution is -1.77. The zero-order chi connectivity index (χ0) is 5.82. The van der Waals surface area contributed by atoms with Crippen LogP contribution in [0.5, 0.6) is 0 Å². The predicted octanol–water partition coefficient (Wildman–Crippen LogP) is 1.12. The van der Waals surface area contributed by atoms with Gasteiger partial charge in [0.25, 0.3) is 0 Å². The summed E-state index contributed by atoms with van der Waals surface area (Å²) >= 11 is 0. The highest BCUT2D eigenvalue weighted by atomic mass is 14.8. The number of nitrogens with zero attached hydrogens (tertiary/aromatic N) is 2. The SMILES string of the molecule is C=Cc1ccncn1. The van der Waals surface area contributed by atoms with Gasteiger partial charge in [-0.25, -0.2) is 9.97 Å². The fourth-order valence-electron chi connectivity index (χ4n) is 0.422. The average molecular weight is 106 g/mol. The average Bonchev–Trinajstić information content (AvgIpc) is 1.90. The highest BCUT2D eigenvalue weighted by Gasteiger charge is 1.78. The standard InChI is InChI=1S/C6H6N2/c1-2-6-3-4-7-5-8-6/h2-5H,1H2. The molecule has 40 valence electrons. The van der Waals surface area contributed by atoms with Crippen molar-refractivity contribution in [1.29, 1.82) is 0 Å². The van der Waals surface area contributed by atoms with Crippen molar-refractivity contribution in [3.05, 3.63) is 30.9 Å². The van der Waals surface area contributed by atoms with E-state index >= 15 is 0 Å². The van der Waals surface area contributed by atoms with Crippen LogP contribution in [0.2, 0.25) is 0 Å². The lowest BCUT2D eigenvalue weighted by Gasteiger charge is -1.83. The lowest BCUT2D eigenvalue weighted by molar-refractivity contribution is 1.15. The topological polar surface area (TPSA) is 25.8 Å². The molecule has 0 saturated carbocycles. The van der Waals surface area contributed by atoms with Gasteiger partial charge in [-0.05, 0) is 12.1 Å². The second-order valence-electron chi connectivity index (χ2n) is 1.34. The van der Waals surface area contributed by atoms with E-state index in [-0.39, 0.29) is 0 Å². The Morgan fingerprint density at radius 1 is 1.62 bits per heavy atom. The van der Waals surface area contributed by atoms with Crippen LogP contribution in [-0.4, -0.2) is 9.97 Å². The first-order chi connectivity index (χ1) is 3.93. The molecule has 8 heavy (non-hydrogen) atoms. The van der Waals surface area contributed by atoms with Crippen molar-refractivity contribution in [3.63, 3.8) is 0 Å². The van der Waals surface area contributed by atoms with Crippen LogP contribution in [0.4, 0.5) is 0 Å². The molecular weight excluding hydrogens is 100 g/mol. The number of aromatic nitrogens is 2. The smallest absolute Gasteiger partial charge is 0.115 e. The summed E-state index contributed by atoms with van der Waals surface area (Å²) in [5.74, 6) is 0. The van der Waals surface area contributed by atoms with Gasteiger partial charge < -0.3 is 0 Å². The molecule has 1 heterocycles. The third-order valence-electron chi connectivity index (χ3n) is 0.814. The first kappa shape index (κ1) is 4.97. The summed E-state index contributed by atoms with van der Waals surface area (Å²) in [5.41, 5.74) is 0.861. The van der Waals surface area contributed by atoms with Gasteiger partial charge in [0.2, 0.25) is 0 Å². The molecule has 0 aliphatic carbocycles. The first-order valence-electron chi connectivity index (χ1n) is 2.32. The van der Waals surface area contributed by atoms with Crippen molar-refractivity contribution in [2.75, 3.05) is 0 Å². The summed E-state index contributed by atoms with van der Waals surface area (Å²) in [7, 11) is 0. The maximum atomic E-state index is 3.87. The molecule has 0 fully saturated rings. The summed E-state index contributed by atoms with van der Waals surface area (Å²) < 4.78 is 0. The van der Waals surface area contributed by atoms with Crippen molar-refractivity contribution >= 4 is 6.08 Å². The van der Waals surface area contributed by atoms with Gasteiger partial charge in [0, 0.05) is 6.20 Å². The fraction of sp³-hybridized carbons (Fsp3) is 0. The maximum absolute atomic E-state index is 3.87. The Bertz CT molecular complexity index is 169. The molecule has 1 aromatic rings. The molecule has 0 spiro atoms. The lowest BCUT2D eigenvalue weighted by atomic mass is 10.4. The van der Waals surface area contributed by atoms with E-state index < -0.39 is 0 Å². The molecule has 1 rings (SSSR count). The third kappa shape index (κ3) is 0.904. The van der Waals surface area contributed by atoms with E-state index in [1.54, 1.807) is 18.3 Å². The van der Waals surface area contributed by atoms with Crippen LogP contribution in [-0.2, 0) is 0 Å². The van der Waals surface area contributed by atoms with E-state index in [0.29, 0.717) is 0 Å². The molecular formula is C6H6N2. The highest BCUT2D eigenvalue weighted by Crippen LogP contribution is 1.89. The van der Waals surface area contributed by atoms with Crippen LogP contribution in [0, 0.1) is 0 Å². The van der Waals surface area contributed by atoms with E-state index in [2.05, 4.69) is 16.5 Å². The van der Waals surface area contributed by atoms with E-state index in [4.69, 9.17) is 0 Å². The van der Waals surface area contributed by atoms with Crippen LogP contribution in [0.3, 0.4) is 0 Å². The Hall–Kier alpha value is -1.18. The minimum absolute atomic E-state index is 0.861. The molecule has 0 atom stereocenters. The van der Waals surface area contributed by atoms with E-state index in [9.17, 15) is 0 Å². The number of hydrogen-bond acceptors (Lipinski definition) is 2. The Morgan fingerprint density at radius 3 is 2.88 bits per heavy atom. The van der Waals surface area contributed by atoms with Gasteiger partial charge in [-0.1, -0.05) is 6.58 Å². The second-order valence-corrected chi connectivity index (χ2v) is 1.34. The number of hydrogen-bond donors (Lipinski definition) is 0. The van der Waals surface area contributed by atoms with Gasteiger partial charge in [-0.2, -0.15) is 0 Å². The van der Waals surface area contributed by atoms with Gasteiger partial charge in [0.1, 0.15) is 6.33 Å². The summed E-state index contributed by atoms with van der Waals surface area (Å²) in [6.45, 7) is 3.54. The molecule has 0 N–H and O–H groups in total. The van der Waals surface area contributed by atoms with Crippen molar-refractivity contribution in [3.8, 4) is 0 Å². The molecule has 0 amide bonds. The van der Waals surface area contributed by atoms with Crippen LogP contribution in [0.15, 0.2) is 25.2 Å². The summed E-state index contributed by atoms with van der Waals surface area (Å²) in [6, 6.07) is 1.80. The van der Waals surface area contributed by atoms with E-state index in [1.807, 2.05) is 0 Å². The van der Waals surface area contributed by atoms with Gasteiger partial charge in [0.05, 0.1) is 5.69 Å². The number of rotatable bonds is 1.